The Labute approximate surface area is 229 Å². The van der Waals surface area contributed by atoms with Crippen molar-refractivity contribution in [2.45, 2.75) is 12.1 Å². The number of ether oxygens (including phenoxy) is 4. The molecular weight excluding hydrogens is 514 g/mol. The van der Waals surface area contributed by atoms with Gasteiger partial charge >= 0.3 is 0 Å². The number of anilines is 3. The van der Waals surface area contributed by atoms with Crippen LogP contribution in [0, 0.1) is 11.8 Å². The molecule has 4 heterocycles. The molecule has 2 fully saturated rings. The van der Waals surface area contributed by atoms with Crippen LogP contribution in [0.4, 0.5) is 17.1 Å². The van der Waals surface area contributed by atoms with Crippen molar-refractivity contribution in [3.63, 3.8) is 0 Å². The fourth-order valence-corrected chi connectivity index (χ4v) is 6.21. The van der Waals surface area contributed by atoms with Crippen LogP contribution >= 0.6 is 0 Å². The number of carbonyl (C=O) groups excluding carboxylic acids is 3. The molecule has 0 aliphatic carbocycles. The third-order valence-corrected chi connectivity index (χ3v) is 7.96. The number of para-hydroxylation sites is 1. The second-order valence-corrected chi connectivity index (χ2v) is 9.92. The van der Waals surface area contributed by atoms with E-state index in [2.05, 4.69) is 5.32 Å². The van der Waals surface area contributed by atoms with Crippen LogP contribution in [-0.2, 0) is 14.4 Å². The van der Waals surface area contributed by atoms with E-state index in [0.29, 0.717) is 34.4 Å². The van der Waals surface area contributed by atoms with Gasteiger partial charge in [-0.15, -0.1) is 0 Å². The molecule has 7 rings (SSSR count). The minimum Gasteiger partial charge on any atom is -0.497 e. The molecule has 40 heavy (non-hydrogen) atoms. The third-order valence-electron chi connectivity index (χ3n) is 7.96. The lowest BCUT2D eigenvalue weighted by Gasteiger charge is -2.36. The topological polar surface area (TPSA) is 107 Å². The standard InChI is InChI=1S/C30H25N3O7/c1-37-18-9-12-22(38-2)19(14-18)31-28(34)27-26-25(21-10-7-16-5-3-4-6-20(16)33(21)27)29(35)32(30(26)36)17-8-11-23-24(13-17)40-15-39-23/h3-14,21,25-27H,15H2,1-2H3,(H,31,34)/t21-,25-,26-,27+/m1/s1. The Bertz CT molecular complexity index is 1600. The first-order valence-electron chi connectivity index (χ1n) is 12.9. The predicted octanol–water partition coefficient (Wildman–Crippen LogP) is 3.46. The van der Waals surface area contributed by atoms with Gasteiger partial charge in [0.15, 0.2) is 11.5 Å². The zero-order chi connectivity index (χ0) is 27.5. The second-order valence-electron chi connectivity index (χ2n) is 9.92. The highest BCUT2D eigenvalue weighted by Gasteiger charge is 2.64. The number of nitrogens with one attached hydrogen (secondary N) is 1. The fraction of sp³-hybridized carbons (Fsp3) is 0.233. The number of fused-ring (bicyclic) bond motifs is 6. The van der Waals surface area contributed by atoms with Crippen LogP contribution in [0.3, 0.4) is 0 Å². The number of hydrogen-bond donors (Lipinski definition) is 1. The number of carbonyl (C=O) groups is 3. The van der Waals surface area contributed by atoms with Crippen LogP contribution in [0.2, 0.25) is 0 Å². The van der Waals surface area contributed by atoms with Crippen molar-refractivity contribution in [2.24, 2.45) is 11.8 Å². The van der Waals surface area contributed by atoms with E-state index in [1.54, 1.807) is 36.4 Å². The van der Waals surface area contributed by atoms with Gasteiger partial charge in [-0.2, -0.15) is 0 Å². The molecule has 0 bridgehead atoms. The van der Waals surface area contributed by atoms with Gasteiger partial charge in [-0.3, -0.25) is 14.4 Å². The van der Waals surface area contributed by atoms with Crippen molar-refractivity contribution in [1.82, 2.24) is 0 Å². The van der Waals surface area contributed by atoms with Gasteiger partial charge in [0.25, 0.3) is 0 Å². The number of nitrogens with zero attached hydrogens (tertiary/aromatic N) is 2. The normalized spacial score (nSPS) is 23.6. The molecule has 4 aliphatic heterocycles. The molecule has 0 radical (unpaired) electrons. The van der Waals surface area contributed by atoms with Gasteiger partial charge in [-0.1, -0.05) is 30.4 Å². The quantitative estimate of drug-likeness (QED) is 0.492. The number of methoxy groups -OCH3 is 2. The smallest absolute Gasteiger partial charge is 0.248 e. The molecule has 0 aromatic heterocycles. The molecule has 3 aromatic rings. The van der Waals surface area contributed by atoms with Gasteiger partial charge in [0.1, 0.15) is 17.5 Å². The van der Waals surface area contributed by atoms with Crippen molar-refractivity contribution in [3.8, 4) is 23.0 Å². The SMILES string of the molecule is COc1ccc(OC)c(NC(=O)[C@@H]2[C@@H]3C(=O)N(c4ccc5c(c4)OCO5)C(=O)[C@@H]3[C@H]3C=Cc4ccccc4N32)c1. The maximum Gasteiger partial charge on any atom is 0.248 e. The summed E-state index contributed by atoms with van der Waals surface area (Å²) in [6.45, 7) is 0.0726. The zero-order valence-corrected chi connectivity index (χ0v) is 21.7. The van der Waals surface area contributed by atoms with E-state index >= 15 is 0 Å². The molecule has 4 atom stereocenters. The molecular formula is C30H25N3O7. The van der Waals surface area contributed by atoms with E-state index in [9.17, 15) is 14.4 Å². The highest BCUT2D eigenvalue weighted by atomic mass is 16.7. The lowest BCUT2D eigenvalue weighted by molar-refractivity contribution is -0.126. The Balaban J connectivity index is 1.31. The number of amides is 3. The molecule has 0 saturated carbocycles. The first-order valence-corrected chi connectivity index (χ1v) is 12.9. The molecule has 10 nitrogen and oxygen atoms in total. The molecule has 202 valence electrons. The number of benzene rings is 3. The van der Waals surface area contributed by atoms with Crippen molar-refractivity contribution in [3.05, 3.63) is 72.3 Å². The van der Waals surface area contributed by atoms with E-state index in [-0.39, 0.29) is 12.7 Å². The summed E-state index contributed by atoms with van der Waals surface area (Å²) < 4.78 is 21.7. The maximum atomic E-state index is 14.1. The van der Waals surface area contributed by atoms with Crippen LogP contribution in [-0.4, -0.2) is 50.8 Å². The van der Waals surface area contributed by atoms with Gasteiger partial charge in [0.05, 0.1) is 43.5 Å². The highest BCUT2D eigenvalue weighted by Crippen LogP contribution is 2.50. The maximum absolute atomic E-state index is 14.1. The van der Waals surface area contributed by atoms with Crippen molar-refractivity contribution in [1.29, 1.82) is 0 Å². The lowest BCUT2D eigenvalue weighted by Crippen LogP contribution is -2.50. The van der Waals surface area contributed by atoms with E-state index in [1.807, 2.05) is 41.3 Å². The average molecular weight is 540 g/mol. The monoisotopic (exact) mass is 539 g/mol. The molecule has 10 heteroatoms. The second kappa shape index (κ2) is 9.04. The largest absolute Gasteiger partial charge is 0.497 e. The lowest BCUT2D eigenvalue weighted by atomic mass is 9.88. The van der Waals surface area contributed by atoms with Crippen LogP contribution in [0.25, 0.3) is 6.08 Å². The Morgan fingerprint density at radius 3 is 2.55 bits per heavy atom. The minimum atomic E-state index is -0.965. The van der Waals surface area contributed by atoms with Crippen LogP contribution in [0.5, 0.6) is 23.0 Å². The Morgan fingerprint density at radius 1 is 0.925 bits per heavy atom. The first kappa shape index (κ1) is 24.1. The van der Waals surface area contributed by atoms with Crippen LogP contribution < -0.4 is 34.1 Å². The summed E-state index contributed by atoms with van der Waals surface area (Å²) in [7, 11) is 3.04. The van der Waals surface area contributed by atoms with Gasteiger partial charge in [-0.05, 0) is 35.9 Å². The zero-order valence-electron chi connectivity index (χ0n) is 21.7. The average Bonchev–Trinajstić information content (AvgIpc) is 3.65. The molecule has 0 unspecified atom stereocenters. The molecule has 2 saturated heterocycles. The van der Waals surface area contributed by atoms with E-state index in [0.717, 1.165) is 11.3 Å². The van der Waals surface area contributed by atoms with Gasteiger partial charge in [0.2, 0.25) is 24.5 Å². The van der Waals surface area contributed by atoms with Crippen molar-refractivity contribution >= 4 is 40.9 Å². The van der Waals surface area contributed by atoms with Crippen LogP contribution in [0.15, 0.2) is 66.7 Å². The van der Waals surface area contributed by atoms with Crippen molar-refractivity contribution in [2.75, 3.05) is 36.1 Å². The van der Waals surface area contributed by atoms with E-state index in [4.69, 9.17) is 18.9 Å². The van der Waals surface area contributed by atoms with Crippen LogP contribution in [0.1, 0.15) is 5.56 Å². The number of rotatable bonds is 5. The summed E-state index contributed by atoms with van der Waals surface area (Å²) in [6, 6.07) is 16.2. The number of imide groups is 1. The minimum absolute atomic E-state index is 0.0726. The fourth-order valence-electron chi connectivity index (χ4n) is 6.21. The molecule has 3 amide bonds. The summed E-state index contributed by atoms with van der Waals surface area (Å²) in [4.78, 5) is 45.3. The summed E-state index contributed by atoms with van der Waals surface area (Å²) in [5, 5.41) is 2.95. The molecule has 3 aromatic carbocycles. The van der Waals surface area contributed by atoms with E-state index < -0.39 is 35.7 Å². The van der Waals surface area contributed by atoms with Gasteiger partial charge in [0, 0.05) is 17.8 Å². The molecule has 4 aliphatic rings. The summed E-state index contributed by atoms with van der Waals surface area (Å²) >= 11 is 0. The van der Waals surface area contributed by atoms with Gasteiger partial charge < -0.3 is 29.2 Å². The van der Waals surface area contributed by atoms with E-state index in [1.165, 1.54) is 19.1 Å². The Kier molecular flexibility index (Phi) is 5.44. The van der Waals surface area contributed by atoms with Crippen molar-refractivity contribution < 1.29 is 33.3 Å². The third kappa shape index (κ3) is 3.45. The van der Waals surface area contributed by atoms with Gasteiger partial charge in [-0.25, -0.2) is 4.90 Å². The first-order chi connectivity index (χ1) is 19.5. The number of hydrogen-bond acceptors (Lipinski definition) is 8. The summed E-state index contributed by atoms with van der Waals surface area (Å²) in [5.41, 5.74) is 2.48. The predicted molar refractivity (Wildman–Crippen MR) is 146 cm³/mol. The Morgan fingerprint density at radius 2 is 1.73 bits per heavy atom. The summed E-state index contributed by atoms with van der Waals surface area (Å²) in [6.07, 6.45) is 3.85. The highest BCUT2D eigenvalue weighted by molar-refractivity contribution is 6.25. The Hall–Kier alpha value is -4.99. The molecule has 0 spiro atoms. The molecule has 1 N–H and O–H groups in total. The summed E-state index contributed by atoms with van der Waals surface area (Å²) in [5.74, 6) is -0.924.